The van der Waals surface area contributed by atoms with Crippen LogP contribution in [-0.4, -0.2) is 31.7 Å². The number of anilines is 1. The van der Waals surface area contributed by atoms with Gasteiger partial charge in [-0.2, -0.15) is 4.31 Å². The van der Waals surface area contributed by atoms with E-state index in [4.69, 9.17) is 11.5 Å². The zero-order chi connectivity index (χ0) is 15.6. The van der Waals surface area contributed by atoms with Crippen LogP contribution in [0.3, 0.4) is 0 Å². The third-order valence-corrected chi connectivity index (χ3v) is 5.94. The number of amides is 1. The molecule has 0 unspecified atom stereocenters. The minimum Gasteiger partial charge on any atom is -0.399 e. The van der Waals surface area contributed by atoms with E-state index in [9.17, 15) is 13.2 Å². The van der Waals surface area contributed by atoms with Crippen molar-refractivity contribution in [3.63, 3.8) is 0 Å². The normalized spacial score (nSPS) is 17.8. The average Bonchev–Trinajstić information content (AvgIpc) is 2.38. The Morgan fingerprint density at radius 3 is 2.48 bits per heavy atom. The van der Waals surface area contributed by atoms with E-state index in [1.54, 1.807) is 25.1 Å². The lowest BCUT2D eigenvalue weighted by Gasteiger charge is -2.31. The van der Waals surface area contributed by atoms with Crippen molar-refractivity contribution in [2.24, 2.45) is 11.7 Å². The second-order valence-corrected chi connectivity index (χ2v) is 7.45. The van der Waals surface area contributed by atoms with Gasteiger partial charge in [-0.3, -0.25) is 4.79 Å². The van der Waals surface area contributed by atoms with Crippen molar-refractivity contribution < 1.29 is 13.2 Å². The topological polar surface area (TPSA) is 106 Å². The summed E-state index contributed by atoms with van der Waals surface area (Å²) in [5.74, 6) is -0.146. The summed E-state index contributed by atoms with van der Waals surface area (Å²) >= 11 is 0. The van der Waals surface area contributed by atoms with Crippen LogP contribution in [0.25, 0.3) is 0 Å². The molecule has 1 aromatic carbocycles. The van der Waals surface area contributed by atoms with Crippen molar-refractivity contribution in [1.29, 1.82) is 0 Å². The minimum absolute atomic E-state index is 0.182. The minimum atomic E-state index is -3.50. The zero-order valence-electron chi connectivity index (χ0n) is 12.1. The molecule has 0 aliphatic carbocycles. The fourth-order valence-electron chi connectivity index (χ4n) is 2.74. The number of hydrogen-bond donors (Lipinski definition) is 2. The molecule has 0 saturated carbocycles. The van der Waals surface area contributed by atoms with Gasteiger partial charge >= 0.3 is 0 Å². The predicted molar refractivity (Wildman–Crippen MR) is 80.9 cm³/mol. The van der Waals surface area contributed by atoms with E-state index in [0.29, 0.717) is 48.5 Å². The third-order valence-electron chi connectivity index (χ3n) is 3.88. The molecule has 1 fully saturated rings. The molecule has 21 heavy (non-hydrogen) atoms. The first-order valence-electron chi connectivity index (χ1n) is 6.95. The molecule has 2 rings (SSSR count). The summed E-state index contributed by atoms with van der Waals surface area (Å²) in [4.78, 5) is 11.2. The van der Waals surface area contributed by atoms with Crippen molar-refractivity contribution in [3.8, 4) is 0 Å². The molecule has 7 heteroatoms. The lowest BCUT2D eigenvalue weighted by atomic mass is 9.94. The monoisotopic (exact) mass is 311 g/mol. The highest BCUT2D eigenvalue weighted by Crippen LogP contribution is 2.27. The van der Waals surface area contributed by atoms with Crippen LogP contribution in [0.4, 0.5) is 5.69 Å². The van der Waals surface area contributed by atoms with Gasteiger partial charge < -0.3 is 11.5 Å². The second-order valence-electron chi connectivity index (χ2n) is 5.54. The molecule has 1 aliphatic rings. The number of benzene rings is 1. The second kappa shape index (κ2) is 6.03. The van der Waals surface area contributed by atoms with E-state index in [0.717, 1.165) is 0 Å². The molecule has 0 spiro atoms. The smallest absolute Gasteiger partial charge is 0.243 e. The molecule has 0 atom stereocenters. The zero-order valence-corrected chi connectivity index (χ0v) is 12.9. The van der Waals surface area contributed by atoms with Crippen molar-refractivity contribution in [1.82, 2.24) is 4.31 Å². The first kappa shape index (κ1) is 15.8. The molecule has 1 aliphatic heterocycles. The van der Waals surface area contributed by atoms with Crippen LogP contribution in [0, 0.1) is 12.8 Å². The van der Waals surface area contributed by atoms with Crippen molar-refractivity contribution in [2.75, 3.05) is 18.8 Å². The number of primary amides is 1. The maximum Gasteiger partial charge on any atom is 0.243 e. The maximum atomic E-state index is 12.6. The molecule has 0 aromatic heterocycles. The number of sulfonamides is 1. The first-order valence-corrected chi connectivity index (χ1v) is 8.39. The molecule has 1 heterocycles. The Labute approximate surface area is 125 Å². The van der Waals surface area contributed by atoms with Gasteiger partial charge in [0.2, 0.25) is 15.9 Å². The van der Waals surface area contributed by atoms with E-state index in [-0.39, 0.29) is 11.8 Å². The summed E-state index contributed by atoms with van der Waals surface area (Å²) in [6.45, 7) is 2.58. The highest BCUT2D eigenvalue weighted by molar-refractivity contribution is 7.89. The van der Waals surface area contributed by atoms with E-state index < -0.39 is 10.0 Å². The third kappa shape index (κ3) is 3.54. The number of piperidine rings is 1. The molecule has 116 valence electrons. The number of rotatable bonds is 4. The van der Waals surface area contributed by atoms with Gasteiger partial charge in [-0.05, 0) is 49.4 Å². The molecular formula is C14H21N3O3S. The Morgan fingerprint density at radius 1 is 1.33 bits per heavy atom. The van der Waals surface area contributed by atoms with Crippen molar-refractivity contribution in [2.45, 2.75) is 31.1 Å². The van der Waals surface area contributed by atoms with Gasteiger partial charge in [0.15, 0.2) is 0 Å². The molecule has 4 N–H and O–H groups in total. The Hall–Kier alpha value is -1.60. The van der Waals surface area contributed by atoms with E-state index in [1.165, 1.54) is 4.31 Å². The van der Waals surface area contributed by atoms with Gasteiger partial charge in [0.1, 0.15) is 0 Å². The summed E-state index contributed by atoms with van der Waals surface area (Å²) < 4.78 is 26.8. The molecule has 1 saturated heterocycles. The van der Waals surface area contributed by atoms with Crippen LogP contribution in [0.1, 0.15) is 24.8 Å². The molecule has 6 nitrogen and oxygen atoms in total. The number of nitrogens with zero attached hydrogens (tertiary/aromatic N) is 1. The van der Waals surface area contributed by atoms with E-state index in [1.807, 2.05) is 0 Å². The van der Waals surface area contributed by atoms with Crippen LogP contribution in [0.15, 0.2) is 23.1 Å². The number of nitrogens with two attached hydrogens (primary N) is 2. The summed E-state index contributed by atoms with van der Waals surface area (Å²) in [7, 11) is -3.50. The van der Waals surface area contributed by atoms with Gasteiger partial charge in [-0.15, -0.1) is 0 Å². The molecular weight excluding hydrogens is 290 g/mol. The summed E-state index contributed by atoms with van der Waals surface area (Å²) in [6.07, 6.45) is 1.65. The standard InChI is InChI=1S/C14H21N3O3S/c1-10-8-12(15)2-3-13(10)21(19,20)17-6-4-11(5-7-17)9-14(16)18/h2-3,8,11H,4-7,9,15H2,1H3,(H2,16,18). The maximum absolute atomic E-state index is 12.6. The summed E-state index contributed by atoms with van der Waals surface area (Å²) in [6, 6.07) is 4.81. The van der Waals surface area contributed by atoms with Crippen LogP contribution >= 0.6 is 0 Å². The van der Waals surface area contributed by atoms with Gasteiger partial charge in [-0.1, -0.05) is 0 Å². The molecule has 1 amide bonds. The fourth-order valence-corrected chi connectivity index (χ4v) is 4.41. The molecule has 1 aromatic rings. The fraction of sp³-hybridized carbons (Fsp3) is 0.500. The molecule has 0 bridgehead atoms. The van der Waals surface area contributed by atoms with Crippen molar-refractivity contribution >= 4 is 21.6 Å². The number of carbonyl (C=O) groups is 1. The van der Waals surface area contributed by atoms with Crippen LogP contribution in [-0.2, 0) is 14.8 Å². The van der Waals surface area contributed by atoms with Crippen molar-refractivity contribution in [3.05, 3.63) is 23.8 Å². The summed E-state index contributed by atoms with van der Waals surface area (Å²) in [5, 5.41) is 0. The van der Waals surface area contributed by atoms with Gasteiger partial charge in [0, 0.05) is 25.2 Å². The van der Waals surface area contributed by atoms with Gasteiger partial charge in [-0.25, -0.2) is 8.42 Å². The largest absolute Gasteiger partial charge is 0.399 e. The van der Waals surface area contributed by atoms with Crippen LogP contribution < -0.4 is 11.5 Å². The number of aryl methyl sites for hydroxylation is 1. The Morgan fingerprint density at radius 2 is 1.95 bits per heavy atom. The van der Waals surface area contributed by atoms with Gasteiger partial charge in [0.05, 0.1) is 4.90 Å². The summed E-state index contributed by atoms with van der Waals surface area (Å²) in [5.41, 5.74) is 12.0. The van der Waals surface area contributed by atoms with E-state index in [2.05, 4.69) is 0 Å². The number of carbonyl (C=O) groups excluding carboxylic acids is 1. The predicted octanol–water partition coefficient (Wildman–Crippen LogP) is 0.853. The SMILES string of the molecule is Cc1cc(N)ccc1S(=O)(=O)N1CCC(CC(N)=O)CC1. The highest BCUT2D eigenvalue weighted by Gasteiger charge is 2.30. The highest BCUT2D eigenvalue weighted by atomic mass is 32.2. The number of hydrogen-bond acceptors (Lipinski definition) is 4. The quantitative estimate of drug-likeness (QED) is 0.804. The Balaban J connectivity index is 2.13. The molecule has 0 radical (unpaired) electrons. The number of nitrogen functional groups attached to an aromatic ring is 1. The first-order chi connectivity index (χ1) is 9.80. The Kier molecular flexibility index (Phi) is 4.53. The lowest BCUT2D eigenvalue weighted by molar-refractivity contribution is -0.119. The van der Waals surface area contributed by atoms with Gasteiger partial charge in [0.25, 0.3) is 0 Å². The lowest BCUT2D eigenvalue weighted by Crippen LogP contribution is -2.39. The van der Waals surface area contributed by atoms with Crippen LogP contribution in [0.2, 0.25) is 0 Å². The van der Waals surface area contributed by atoms with E-state index >= 15 is 0 Å². The average molecular weight is 311 g/mol. The van der Waals surface area contributed by atoms with Crippen LogP contribution in [0.5, 0.6) is 0 Å². The Bertz CT molecular complexity index is 635.